The first-order valence-corrected chi connectivity index (χ1v) is 7.86. The van der Waals surface area contributed by atoms with E-state index in [2.05, 4.69) is 9.88 Å². The van der Waals surface area contributed by atoms with Crippen LogP contribution >= 0.6 is 36.2 Å². The molecule has 0 aromatic carbocycles. The van der Waals surface area contributed by atoms with Gasteiger partial charge in [-0.15, -0.1) is 36.2 Å². The van der Waals surface area contributed by atoms with E-state index in [4.69, 9.17) is 10.5 Å². The molecule has 0 saturated carbocycles. The lowest BCUT2D eigenvalue weighted by molar-refractivity contribution is 0.0560. The average Bonchev–Trinajstić information content (AvgIpc) is 2.96. The van der Waals surface area contributed by atoms with Crippen LogP contribution < -0.4 is 5.73 Å². The fourth-order valence-electron chi connectivity index (χ4n) is 2.18. The number of carbonyl (C=O) groups is 1. The van der Waals surface area contributed by atoms with E-state index in [1.165, 1.54) is 11.3 Å². The third kappa shape index (κ3) is 5.98. The zero-order valence-electron chi connectivity index (χ0n) is 12.7. The Balaban J connectivity index is 0.00000220. The molecule has 6 nitrogen and oxygen atoms in total. The van der Waals surface area contributed by atoms with Gasteiger partial charge in [0.05, 0.1) is 6.61 Å². The van der Waals surface area contributed by atoms with Gasteiger partial charge in [0.25, 0.3) is 5.91 Å². The molecule has 1 fully saturated rings. The van der Waals surface area contributed by atoms with Gasteiger partial charge in [-0.05, 0) is 6.92 Å². The van der Waals surface area contributed by atoms with Crippen molar-refractivity contribution in [3.63, 3.8) is 0 Å². The highest BCUT2D eigenvalue weighted by Crippen LogP contribution is 2.13. The standard InChI is InChI=1S/C13H22N4O2S.2ClH/c1-2-19-8-7-16-3-5-17(6-4-16)13(18)11-10-20-12(9-14)15-11;;/h10H,2-9,14H2,1H3;2*1H. The number of rotatable bonds is 6. The Labute approximate surface area is 147 Å². The van der Waals surface area contributed by atoms with Crippen LogP contribution in [0.4, 0.5) is 0 Å². The van der Waals surface area contributed by atoms with E-state index in [9.17, 15) is 4.79 Å². The van der Waals surface area contributed by atoms with Gasteiger partial charge in [0.1, 0.15) is 10.7 Å². The lowest BCUT2D eigenvalue weighted by atomic mass is 10.3. The fraction of sp³-hybridized carbons (Fsp3) is 0.692. The van der Waals surface area contributed by atoms with Crippen LogP contribution in [0.25, 0.3) is 0 Å². The number of nitrogens with zero attached hydrogens (tertiary/aromatic N) is 3. The summed E-state index contributed by atoms with van der Waals surface area (Å²) in [6, 6.07) is 0. The molecule has 0 bridgehead atoms. The molecule has 1 aromatic rings. The minimum absolute atomic E-state index is 0. The van der Waals surface area contributed by atoms with E-state index in [1.807, 2.05) is 11.8 Å². The van der Waals surface area contributed by atoms with Gasteiger partial charge in [-0.2, -0.15) is 0 Å². The highest BCUT2D eigenvalue weighted by molar-refractivity contribution is 7.09. The van der Waals surface area contributed by atoms with Crippen LogP contribution in [0.3, 0.4) is 0 Å². The summed E-state index contributed by atoms with van der Waals surface area (Å²) in [5, 5.41) is 2.61. The third-order valence-corrected chi connectivity index (χ3v) is 4.23. The van der Waals surface area contributed by atoms with Gasteiger partial charge < -0.3 is 15.4 Å². The maximum Gasteiger partial charge on any atom is 0.273 e. The van der Waals surface area contributed by atoms with Crippen molar-refractivity contribution in [3.05, 3.63) is 16.1 Å². The summed E-state index contributed by atoms with van der Waals surface area (Å²) >= 11 is 1.45. The van der Waals surface area contributed by atoms with Crippen molar-refractivity contribution in [2.24, 2.45) is 5.73 Å². The van der Waals surface area contributed by atoms with Crippen molar-refractivity contribution < 1.29 is 9.53 Å². The number of aromatic nitrogens is 1. The first-order chi connectivity index (χ1) is 9.74. The summed E-state index contributed by atoms with van der Waals surface area (Å²) in [5.41, 5.74) is 6.05. The molecule has 128 valence electrons. The average molecular weight is 371 g/mol. The second-order valence-electron chi connectivity index (χ2n) is 4.66. The monoisotopic (exact) mass is 370 g/mol. The molecule has 22 heavy (non-hydrogen) atoms. The smallest absolute Gasteiger partial charge is 0.273 e. The van der Waals surface area contributed by atoms with Crippen LogP contribution in [0.5, 0.6) is 0 Å². The van der Waals surface area contributed by atoms with Crippen molar-refractivity contribution in [1.29, 1.82) is 0 Å². The van der Waals surface area contributed by atoms with E-state index in [0.717, 1.165) is 50.9 Å². The topological polar surface area (TPSA) is 71.7 Å². The summed E-state index contributed by atoms with van der Waals surface area (Å²) < 4.78 is 5.35. The number of nitrogens with two attached hydrogens (primary N) is 1. The maximum absolute atomic E-state index is 12.3. The van der Waals surface area contributed by atoms with E-state index < -0.39 is 0 Å². The molecule has 2 N–H and O–H groups in total. The lowest BCUT2D eigenvalue weighted by Gasteiger charge is -2.34. The quantitative estimate of drug-likeness (QED) is 0.762. The zero-order chi connectivity index (χ0) is 14.4. The summed E-state index contributed by atoms with van der Waals surface area (Å²) in [7, 11) is 0. The highest BCUT2D eigenvalue weighted by atomic mass is 35.5. The van der Waals surface area contributed by atoms with E-state index in [0.29, 0.717) is 12.2 Å². The fourth-order valence-corrected chi connectivity index (χ4v) is 2.83. The number of hydrogen-bond acceptors (Lipinski definition) is 6. The molecule has 2 heterocycles. The largest absolute Gasteiger partial charge is 0.380 e. The van der Waals surface area contributed by atoms with Gasteiger partial charge in [-0.3, -0.25) is 9.69 Å². The SMILES string of the molecule is CCOCCN1CCN(C(=O)c2csc(CN)n2)CC1.Cl.Cl. The molecule has 0 spiro atoms. The second-order valence-corrected chi connectivity index (χ2v) is 5.60. The predicted octanol–water partition coefficient (Wildman–Crippen LogP) is 1.24. The van der Waals surface area contributed by atoms with Crippen LogP contribution in [-0.4, -0.2) is 66.6 Å². The van der Waals surface area contributed by atoms with Crippen molar-refractivity contribution >= 4 is 42.1 Å². The van der Waals surface area contributed by atoms with Crippen molar-refractivity contribution in [2.75, 3.05) is 45.9 Å². The number of ether oxygens (including phenoxy) is 1. The number of thiazole rings is 1. The number of amides is 1. The minimum atomic E-state index is 0. The molecule has 2 rings (SSSR count). The van der Waals surface area contributed by atoms with Gasteiger partial charge in [-0.1, -0.05) is 0 Å². The molecular weight excluding hydrogens is 347 g/mol. The molecule has 9 heteroatoms. The molecule has 1 aliphatic rings. The molecule has 1 amide bonds. The lowest BCUT2D eigenvalue weighted by Crippen LogP contribution is -2.49. The number of piperazine rings is 1. The first-order valence-electron chi connectivity index (χ1n) is 6.98. The predicted molar refractivity (Wildman–Crippen MR) is 93.3 cm³/mol. The van der Waals surface area contributed by atoms with Gasteiger partial charge in [0, 0.05) is 51.3 Å². The van der Waals surface area contributed by atoms with E-state index in [-0.39, 0.29) is 30.7 Å². The summed E-state index contributed by atoms with van der Waals surface area (Å²) in [4.78, 5) is 20.7. The second kappa shape index (κ2) is 11.2. The van der Waals surface area contributed by atoms with Gasteiger partial charge in [-0.25, -0.2) is 4.98 Å². The molecule has 0 radical (unpaired) electrons. The highest BCUT2D eigenvalue weighted by Gasteiger charge is 2.23. The zero-order valence-corrected chi connectivity index (χ0v) is 15.1. The Hall–Kier alpha value is -0.440. The number of halogens is 2. The van der Waals surface area contributed by atoms with Gasteiger partial charge in [0.2, 0.25) is 0 Å². The molecular formula is C13H24Cl2N4O2S. The van der Waals surface area contributed by atoms with Crippen LogP contribution in [0.1, 0.15) is 22.4 Å². The first kappa shape index (κ1) is 21.6. The summed E-state index contributed by atoms with van der Waals surface area (Å²) in [6.45, 7) is 8.13. The Morgan fingerprint density at radius 2 is 2.05 bits per heavy atom. The summed E-state index contributed by atoms with van der Waals surface area (Å²) in [6.07, 6.45) is 0. The normalized spacial score (nSPS) is 15.1. The van der Waals surface area contributed by atoms with E-state index >= 15 is 0 Å². The maximum atomic E-state index is 12.3. The van der Waals surface area contributed by atoms with Crippen molar-refractivity contribution in [2.45, 2.75) is 13.5 Å². The Morgan fingerprint density at radius 1 is 1.36 bits per heavy atom. The van der Waals surface area contributed by atoms with Crippen LogP contribution in [0.15, 0.2) is 5.38 Å². The third-order valence-electron chi connectivity index (χ3n) is 3.36. The minimum Gasteiger partial charge on any atom is -0.380 e. The Kier molecular flexibility index (Phi) is 10.9. The van der Waals surface area contributed by atoms with Crippen molar-refractivity contribution in [3.8, 4) is 0 Å². The summed E-state index contributed by atoms with van der Waals surface area (Å²) in [5.74, 6) is 0.0189. The van der Waals surface area contributed by atoms with Crippen LogP contribution in [0, 0.1) is 0 Å². The van der Waals surface area contributed by atoms with Gasteiger partial charge >= 0.3 is 0 Å². The molecule has 0 aliphatic carbocycles. The molecule has 1 aliphatic heterocycles. The molecule has 1 saturated heterocycles. The number of carbonyl (C=O) groups excluding carboxylic acids is 1. The Bertz CT molecular complexity index is 439. The van der Waals surface area contributed by atoms with E-state index in [1.54, 1.807) is 5.38 Å². The Morgan fingerprint density at radius 3 is 2.59 bits per heavy atom. The van der Waals surface area contributed by atoms with Crippen LogP contribution in [-0.2, 0) is 11.3 Å². The molecule has 0 atom stereocenters. The molecule has 1 aromatic heterocycles. The number of hydrogen-bond donors (Lipinski definition) is 1. The molecule has 0 unspecified atom stereocenters. The van der Waals surface area contributed by atoms with Gasteiger partial charge in [0.15, 0.2) is 0 Å². The van der Waals surface area contributed by atoms with Crippen LogP contribution in [0.2, 0.25) is 0 Å². The van der Waals surface area contributed by atoms with Crippen molar-refractivity contribution in [1.82, 2.24) is 14.8 Å².